The van der Waals surface area contributed by atoms with Gasteiger partial charge in [-0.15, -0.1) is 0 Å². The molecular weight excluding hydrogens is 404 g/mol. The highest BCUT2D eigenvalue weighted by molar-refractivity contribution is 5.99. The first kappa shape index (κ1) is 20.7. The molecule has 1 amide bonds. The van der Waals surface area contributed by atoms with Crippen LogP contribution in [-0.4, -0.2) is 45.8 Å². The predicted octanol–water partition coefficient (Wildman–Crippen LogP) is 3.51. The number of likely N-dealkylation sites (tertiary alicyclic amines) is 1. The highest BCUT2D eigenvalue weighted by atomic mass is 16.2. The second kappa shape index (κ2) is 8.74. The Morgan fingerprint density at radius 3 is 2.69 bits per heavy atom. The molecule has 166 valence electrons. The van der Waals surface area contributed by atoms with Crippen LogP contribution in [0.4, 0.5) is 5.69 Å². The number of amides is 1. The molecule has 1 aromatic heterocycles. The van der Waals surface area contributed by atoms with Gasteiger partial charge in [0.25, 0.3) is 0 Å². The molecule has 2 aromatic carbocycles. The van der Waals surface area contributed by atoms with Crippen LogP contribution < -0.4 is 11.0 Å². The third kappa shape index (κ3) is 4.12. The van der Waals surface area contributed by atoms with Crippen LogP contribution in [0.25, 0.3) is 11.0 Å². The van der Waals surface area contributed by atoms with Crippen molar-refractivity contribution >= 4 is 28.4 Å². The summed E-state index contributed by atoms with van der Waals surface area (Å²) in [7, 11) is 0. The smallest absolute Gasteiger partial charge is 0.326 e. The first-order chi connectivity index (χ1) is 15.6. The molecule has 5 rings (SSSR count). The van der Waals surface area contributed by atoms with Gasteiger partial charge >= 0.3 is 5.69 Å². The van der Waals surface area contributed by atoms with Crippen LogP contribution in [0.5, 0.6) is 0 Å². The van der Waals surface area contributed by atoms with Gasteiger partial charge in [-0.2, -0.15) is 0 Å². The van der Waals surface area contributed by atoms with Crippen molar-refractivity contribution < 1.29 is 9.59 Å². The Balaban J connectivity index is 1.12. The Labute approximate surface area is 186 Å². The fourth-order valence-electron chi connectivity index (χ4n) is 5.00. The number of piperidine rings is 1. The van der Waals surface area contributed by atoms with Gasteiger partial charge in [0.1, 0.15) is 0 Å². The third-order valence-corrected chi connectivity index (χ3v) is 6.75. The van der Waals surface area contributed by atoms with Crippen LogP contribution in [0.15, 0.2) is 47.3 Å². The number of aromatic amines is 1. The van der Waals surface area contributed by atoms with Gasteiger partial charge in [-0.25, -0.2) is 4.79 Å². The highest BCUT2D eigenvalue weighted by Crippen LogP contribution is 2.26. The van der Waals surface area contributed by atoms with Crippen molar-refractivity contribution in [2.24, 2.45) is 0 Å². The monoisotopic (exact) mass is 432 g/mol. The van der Waals surface area contributed by atoms with Crippen LogP contribution in [0.1, 0.15) is 54.1 Å². The fourth-order valence-corrected chi connectivity index (χ4v) is 5.00. The summed E-state index contributed by atoms with van der Waals surface area (Å²) in [6.07, 6.45) is 4.39. The Hall–Kier alpha value is -3.19. The normalized spacial score (nSPS) is 17.3. The van der Waals surface area contributed by atoms with E-state index in [2.05, 4.69) is 15.2 Å². The van der Waals surface area contributed by atoms with Gasteiger partial charge in [0, 0.05) is 43.2 Å². The van der Waals surface area contributed by atoms with Crippen LogP contribution in [0.2, 0.25) is 0 Å². The Kier molecular flexibility index (Phi) is 5.66. The number of Topliss-reactive ketones (excluding diaryl/α,β-unsaturated/α-hetero) is 1. The molecule has 0 bridgehead atoms. The average Bonchev–Trinajstić information content (AvgIpc) is 3.14. The number of nitrogens with zero attached hydrogens (tertiary/aromatic N) is 2. The molecule has 0 aliphatic carbocycles. The SMILES string of the molecule is O=C1CCc2cc(C(=O)CCCN3CCC(n4c(=O)[nH]c5ccccc54)CC3)ccc2N1. The Bertz CT molecular complexity index is 1220. The van der Waals surface area contributed by atoms with Crippen molar-refractivity contribution in [2.45, 2.75) is 44.6 Å². The number of imidazole rings is 1. The van der Waals surface area contributed by atoms with E-state index >= 15 is 0 Å². The van der Waals surface area contributed by atoms with Crippen molar-refractivity contribution in [1.82, 2.24) is 14.5 Å². The summed E-state index contributed by atoms with van der Waals surface area (Å²) in [5.41, 5.74) is 4.45. The number of rotatable bonds is 6. The minimum atomic E-state index is -0.0279. The number of ketones is 1. The summed E-state index contributed by atoms with van der Waals surface area (Å²) in [6, 6.07) is 13.7. The predicted molar refractivity (Wildman–Crippen MR) is 124 cm³/mol. The zero-order valence-electron chi connectivity index (χ0n) is 18.1. The summed E-state index contributed by atoms with van der Waals surface area (Å²) < 4.78 is 1.91. The van der Waals surface area contributed by atoms with Gasteiger partial charge in [-0.05, 0) is 68.1 Å². The van der Waals surface area contributed by atoms with Gasteiger partial charge in [0.05, 0.1) is 11.0 Å². The molecule has 2 aliphatic rings. The molecule has 0 unspecified atom stereocenters. The van der Waals surface area contributed by atoms with Crippen molar-refractivity contribution in [3.63, 3.8) is 0 Å². The number of benzene rings is 2. The quantitative estimate of drug-likeness (QED) is 0.584. The standard InChI is InChI=1S/C25H28N4O3/c30-23(18-7-9-20-17(16-18)8-10-24(31)26-20)6-3-13-28-14-11-19(12-15-28)29-22-5-2-1-4-21(22)27-25(29)32/h1-2,4-5,7,9,16,19H,3,6,8,10-15H2,(H,26,31)(H,27,32). The van der Waals surface area contributed by atoms with Crippen molar-refractivity contribution in [2.75, 3.05) is 25.0 Å². The van der Waals surface area contributed by atoms with E-state index in [1.54, 1.807) is 0 Å². The lowest BCUT2D eigenvalue weighted by Gasteiger charge is -2.32. The van der Waals surface area contributed by atoms with Crippen molar-refractivity contribution in [3.8, 4) is 0 Å². The maximum absolute atomic E-state index is 12.7. The molecule has 2 N–H and O–H groups in total. The van der Waals surface area contributed by atoms with Crippen molar-refractivity contribution in [3.05, 3.63) is 64.1 Å². The van der Waals surface area contributed by atoms with E-state index < -0.39 is 0 Å². The van der Waals surface area contributed by atoms with E-state index in [9.17, 15) is 14.4 Å². The van der Waals surface area contributed by atoms with E-state index in [4.69, 9.17) is 0 Å². The summed E-state index contributed by atoms with van der Waals surface area (Å²) in [4.78, 5) is 41.9. The number of hydrogen-bond acceptors (Lipinski definition) is 4. The Morgan fingerprint density at radius 2 is 1.84 bits per heavy atom. The average molecular weight is 433 g/mol. The summed E-state index contributed by atoms with van der Waals surface area (Å²) >= 11 is 0. The summed E-state index contributed by atoms with van der Waals surface area (Å²) in [5, 5.41) is 2.86. The number of carbonyl (C=O) groups excluding carboxylic acids is 2. The van der Waals surface area contributed by atoms with E-state index in [1.807, 2.05) is 47.0 Å². The molecular formula is C25H28N4O3. The Morgan fingerprint density at radius 1 is 1.03 bits per heavy atom. The molecule has 7 nitrogen and oxygen atoms in total. The lowest BCUT2D eigenvalue weighted by atomic mass is 9.97. The summed E-state index contributed by atoms with van der Waals surface area (Å²) in [5.74, 6) is 0.194. The second-order valence-corrected chi connectivity index (χ2v) is 8.84. The summed E-state index contributed by atoms with van der Waals surface area (Å²) in [6.45, 7) is 2.76. The maximum Gasteiger partial charge on any atom is 0.326 e. The number of fused-ring (bicyclic) bond motifs is 2. The highest BCUT2D eigenvalue weighted by Gasteiger charge is 2.23. The molecule has 1 fully saturated rings. The van der Waals surface area contributed by atoms with Crippen LogP contribution >= 0.6 is 0 Å². The number of aromatic nitrogens is 2. The molecule has 3 aromatic rings. The lowest BCUT2D eigenvalue weighted by molar-refractivity contribution is -0.116. The molecule has 2 aliphatic heterocycles. The largest absolute Gasteiger partial charge is 0.326 e. The van der Waals surface area contributed by atoms with E-state index in [0.717, 1.165) is 66.7 Å². The van der Waals surface area contributed by atoms with Gasteiger partial charge < -0.3 is 15.2 Å². The van der Waals surface area contributed by atoms with Gasteiger partial charge in [0.15, 0.2) is 5.78 Å². The number of H-pyrrole nitrogens is 1. The minimum Gasteiger partial charge on any atom is -0.326 e. The first-order valence-electron chi connectivity index (χ1n) is 11.5. The number of anilines is 1. The first-order valence-corrected chi connectivity index (χ1v) is 11.5. The zero-order valence-corrected chi connectivity index (χ0v) is 18.1. The van der Waals surface area contributed by atoms with Gasteiger partial charge in [-0.3, -0.25) is 14.2 Å². The fraction of sp³-hybridized carbons (Fsp3) is 0.400. The molecule has 0 saturated carbocycles. The molecule has 32 heavy (non-hydrogen) atoms. The van der Waals surface area contributed by atoms with Gasteiger partial charge in [0.2, 0.25) is 5.91 Å². The van der Waals surface area contributed by atoms with E-state index in [-0.39, 0.29) is 23.4 Å². The second-order valence-electron chi connectivity index (χ2n) is 8.84. The maximum atomic E-state index is 12.7. The third-order valence-electron chi connectivity index (χ3n) is 6.75. The van der Waals surface area contributed by atoms with Crippen LogP contribution in [0.3, 0.4) is 0 Å². The topological polar surface area (TPSA) is 87.2 Å². The number of para-hydroxylation sites is 2. The van der Waals surface area contributed by atoms with Gasteiger partial charge in [-0.1, -0.05) is 12.1 Å². The number of aryl methyl sites for hydroxylation is 1. The lowest BCUT2D eigenvalue weighted by Crippen LogP contribution is -2.37. The molecule has 0 atom stereocenters. The zero-order chi connectivity index (χ0) is 22.1. The number of nitrogens with one attached hydrogen (secondary N) is 2. The molecule has 3 heterocycles. The van der Waals surface area contributed by atoms with E-state index in [0.29, 0.717) is 19.3 Å². The minimum absolute atomic E-state index is 0.0279. The number of hydrogen-bond donors (Lipinski definition) is 2. The van der Waals surface area contributed by atoms with Crippen LogP contribution in [0, 0.1) is 0 Å². The molecule has 0 spiro atoms. The number of carbonyl (C=O) groups is 2. The molecule has 0 radical (unpaired) electrons. The molecule has 7 heteroatoms. The van der Waals surface area contributed by atoms with E-state index in [1.165, 1.54) is 0 Å². The van der Waals surface area contributed by atoms with Crippen molar-refractivity contribution in [1.29, 1.82) is 0 Å². The van der Waals surface area contributed by atoms with Crippen LogP contribution in [-0.2, 0) is 11.2 Å². The molecule has 1 saturated heterocycles.